The summed E-state index contributed by atoms with van der Waals surface area (Å²) in [5.74, 6) is 0.0777. The van der Waals surface area contributed by atoms with Crippen molar-refractivity contribution in [2.75, 3.05) is 12.0 Å². The first-order chi connectivity index (χ1) is 10.0. The Balaban J connectivity index is 2.05. The van der Waals surface area contributed by atoms with Crippen molar-refractivity contribution in [1.82, 2.24) is 0 Å². The first kappa shape index (κ1) is 14.0. The number of benzene rings is 1. The topological polar surface area (TPSA) is 72.6 Å². The Bertz CT molecular complexity index is 622. The summed E-state index contributed by atoms with van der Waals surface area (Å²) in [6.45, 7) is 0. The minimum absolute atomic E-state index is 0.0485. The molecule has 1 aliphatic carbocycles. The molecule has 2 amide bonds. The molecule has 6 heteroatoms. The molecule has 0 aromatic heterocycles. The molecule has 2 unspecified atom stereocenters. The number of methoxy groups -OCH3 is 1. The molecule has 2 bridgehead atoms. The van der Waals surface area contributed by atoms with Crippen LogP contribution in [0.5, 0.6) is 5.75 Å². The van der Waals surface area contributed by atoms with E-state index in [2.05, 4.69) is 0 Å². The van der Waals surface area contributed by atoms with E-state index < -0.39 is 0 Å². The average Bonchev–Trinajstić information content (AvgIpc) is 2.92. The number of carbonyl (C=O) groups excluding carboxylic acids is 2. The minimum atomic E-state index is -0.130. The molecule has 0 spiro atoms. The summed E-state index contributed by atoms with van der Waals surface area (Å²) >= 11 is 4.94. The number of thiocarbonyl (C=S) groups is 1. The van der Waals surface area contributed by atoms with E-state index in [9.17, 15) is 9.59 Å². The molecule has 2 fully saturated rings. The summed E-state index contributed by atoms with van der Waals surface area (Å²) in [6, 6.07) is 5.04. The number of amides is 2. The van der Waals surface area contributed by atoms with E-state index in [-0.39, 0.29) is 28.6 Å². The summed E-state index contributed by atoms with van der Waals surface area (Å²) < 4.78 is 5.32. The normalized spacial score (nSPS) is 24.3. The number of piperidine rings is 1. The molecule has 2 aliphatic rings. The molecule has 1 heterocycles. The van der Waals surface area contributed by atoms with Crippen molar-refractivity contribution in [3.63, 3.8) is 0 Å². The molecule has 1 aromatic carbocycles. The lowest BCUT2D eigenvalue weighted by atomic mass is 9.96. The van der Waals surface area contributed by atoms with Gasteiger partial charge in [0.15, 0.2) is 0 Å². The van der Waals surface area contributed by atoms with Crippen LogP contribution in [-0.4, -0.2) is 23.9 Å². The standard InChI is InChI=1S/C15H16N2O3S/c1-20-12-7-8(13(16)21)4-5-11(12)17-14(18)9-2-3-10(6-9)15(17)19/h4-5,7,9-10H,2-3,6H2,1H3,(H2,16,21). The number of hydrogen-bond acceptors (Lipinski definition) is 4. The zero-order valence-electron chi connectivity index (χ0n) is 11.7. The Morgan fingerprint density at radius 3 is 2.43 bits per heavy atom. The number of imide groups is 1. The molecule has 0 radical (unpaired) electrons. The van der Waals surface area contributed by atoms with Crippen molar-refractivity contribution < 1.29 is 14.3 Å². The number of fused-ring (bicyclic) bond motifs is 2. The van der Waals surface area contributed by atoms with Gasteiger partial charge >= 0.3 is 0 Å². The highest BCUT2D eigenvalue weighted by atomic mass is 32.1. The van der Waals surface area contributed by atoms with E-state index in [4.69, 9.17) is 22.7 Å². The molecule has 1 aliphatic heterocycles. The van der Waals surface area contributed by atoms with E-state index >= 15 is 0 Å². The first-order valence-electron chi connectivity index (χ1n) is 6.88. The first-order valence-corrected chi connectivity index (χ1v) is 7.29. The van der Waals surface area contributed by atoms with Gasteiger partial charge in [-0.3, -0.25) is 9.59 Å². The highest BCUT2D eigenvalue weighted by Crippen LogP contribution is 2.42. The molecule has 110 valence electrons. The largest absolute Gasteiger partial charge is 0.495 e. The Morgan fingerprint density at radius 1 is 1.29 bits per heavy atom. The van der Waals surface area contributed by atoms with Crippen LogP contribution in [0.15, 0.2) is 18.2 Å². The minimum Gasteiger partial charge on any atom is -0.495 e. The van der Waals surface area contributed by atoms with Gasteiger partial charge in [0.2, 0.25) is 11.8 Å². The lowest BCUT2D eigenvalue weighted by molar-refractivity contribution is -0.133. The molecule has 5 nitrogen and oxygen atoms in total. The fourth-order valence-electron chi connectivity index (χ4n) is 3.16. The number of hydrogen-bond donors (Lipinski definition) is 1. The predicted octanol–water partition coefficient (Wildman–Crippen LogP) is 1.62. The summed E-state index contributed by atoms with van der Waals surface area (Å²) in [5.41, 5.74) is 6.72. The molecular weight excluding hydrogens is 288 g/mol. The summed E-state index contributed by atoms with van der Waals surface area (Å²) in [6.07, 6.45) is 2.26. The number of rotatable bonds is 3. The Kier molecular flexibility index (Phi) is 3.41. The van der Waals surface area contributed by atoms with Crippen LogP contribution in [0.4, 0.5) is 5.69 Å². The Morgan fingerprint density at radius 2 is 1.90 bits per heavy atom. The molecule has 2 N–H and O–H groups in total. The second-order valence-corrected chi connectivity index (χ2v) is 5.91. The average molecular weight is 304 g/mol. The zero-order valence-corrected chi connectivity index (χ0v) is 12.5. The number of nitrogens with two attached hydrogens (primary N) is 1. The highest BCUT2D eigenvalue weighted by molar-refractivity contribution is 7.80. The number of ether oxygens (including phenoxy) is 1. The van der Waals surface area contributed by atoms with Crippen molar-refractivity contribution >= 4 is 34.7 Å². The smallest absolute Gasteiger partial charge is 0.237 e. The van der Waals surface area contributed by atoms with Gasteiger partial charge in [-0.2, -0.15) is 0 Å². The van der Waals surface area contributed by atoms with Crippen LogP contribution in [0, 0.1) is 11.8 Å². The van der Waals surface area contributed by atoms with Crippen LogP contribution < -0.4 is 15.4 Å². The van der Waals surface area contributed by atoms with Gasteiger partial charge in [0.05, 0.1) is 12.8 Å². The molecular formula is C15H16N2O3S. The Hall–Kier alpha value is -1.95. The molecule has 1 saturated carbocycles. The number of nitrogens with zero attached hydrogens (tertiary/aromatic N) is 1. The zero-order chi connectivity index (χ0) is 15.1. The van der Waals surface area contributed by atoms with E-state index in [0.717, 1.165) is 12.8 Å². The van der Waals surface area contributed by atoms with Gasteiger partial charge in [-0.15, -0.1) is 0 Å². The molecule has 1 saturated heterocycles. The van der Waals surface area contributed by atoms with Gasteiger partial charge in [-0.05, 0) is 37.5 Å². The quantitative estimate of drug-likeness (QED) is 0.678. The monoisotopic (exact) mass is 304 g/mol. The molecule has 1 aromatic rings. The summed E-state index contributed by atoms with van der Waals surface area (Å²) in [7, 11) is 1.50. The van der Waals surface area contributed by atoms with Crippen LogP contribution >= 0.6 is 12.2 Å². The van der Waals surface area contributed by atoms with Crippen molar-refractivity contribution in [3.8, 4) is 5.75 Å². The lowest BCUT2D eigenvalue weighted by Crippen LogP contribution is -2.46. The molecule has 3 rings (SSSR count). The van der Waals surface area contributed by atoms with Crippen molar-refractivity contribution in [1.29, 1.82) is 0 Å². The number of anilines is 1. The van der Waals surface area contributed by atoms with Gasteiger partial charge in [-0.25, -0.2) is 4.90 Å². The fourth-order valence-corrected chi connectivity index (χ4v) is 3.28. The van der Waals surface area contributed by atoms with E-state index in [1.165, 1.54) is 12.0 Å². The van der Waals surface area contributed by atoms with Crippen LogP contribution in [0.2, 0.25) is 0 Å². The maximum Gasteiger partial charge on any atom is 0.237 e. The summed E-state index contributed by atoms with van der Waals surface area (Å²) in [4.78, 5) is 26.5. The molecule has 21 heavy (non-hydrogen) atoms. The van der Waals surface area contributed by atoms with Gasteiger partial charge < -0.3 is 10.5 Å². The Labute approximate surface area is 128 Å². The highest BCUT2D eigenvalue weighted by Gasteiger charge is 2.46. The van der Waals surface area contributed by atoms with E-state index in [1.807, 2.05) is 0 Å². The third kappa shape index (κ3) is 2.19. The van der Waals surface area contributed by atoms with Gasteiger partial charge in [0.25, 0.3) is 0 Å². The predicted molar refractivity (Wildman–Crippen MR) is 82.2 cm³/mol. The van der Waals surface area contributed by atoms with Gasteiger partial charge in [0, 0.05) is 17.4 Å². The van der Waals surface area contributed by atoms with Crippen LogP contribution in [0.1, 0.15) is 24.8 Å². The third-order valence-corrected chi connectivity index (χ3v) is 4.51. The van der Waals surface area contributed by atoms with E-state index in [0.29, 0.717) is 23.4 Å². The number of carbonyl (C=O) groups is 2. The second kappa shape index (κ2) is 5.11. The molecule has 2 atom stereocenters. The van der Waals surface area contributed by atoms with E-state index in [1.54, 1.807) is 18.2 Å². The van der Waals surface area contributed by atoms with Crippen molar-refractivity contribution in [3.05, 3.63) is 23.8 Å². The van der Waals surface area contributed by atoms with Gasteiger partial charge in [0.1, 0.15) is 10.7 Å². The summed E-state index contributed by atoms with van der Waals surface area (Å²) in [5, 5.41) is 0. The SMILES string of the molecule is COc1cc(C(N)=S)ccc1N1C(=O)C2CCC(C2)C1=O. The van der Waals surface area contributed by atoms with Crippen molar-refractivity contribution in [2.24, 2.45) is 17.6 Å². The van der Waals surface area contributed by atoms with Crippen LogP contribution in [-0.2, 0) is 9.59 Å². The van der Waals surface area contributed by atoms with Crippen LogP contribution in [0.25, 0.3) is 0 Å². The second-order valence-electron chi connectivity index (χ2n) is 5.47. The van der Waals surface area contributed by atoms with Crippen molar-refractivity contribution in [2.45, 2.75) is 19.3 Å². The van der Waals surface area contributed by atoms with Crippen LogP contribution in [0.3, 0.4) is 0 Å². The maximum absolute atomic E-state index is 12.5. The lowest BCUT2D eigenvalue weighted by Gasteiger charge is -2.30. The third-order valence-electron chi connectivity index (χ3n) is 4.28. The fraction of sp³-hybridized carbons (Fsp3) is 0.400. The van der Waals surface area contributed by atoms with Gasteiger partial charge in [-0.1, -0.05) is 12.2 Å². The maximum atomic E-state index is 12.5.